The van der Waals surface area contributed by atoms with Crippen LogP contribution in [0.5, 0.6) is 0 Å². The van der Waals surface area contributed by atoms with E-state index in [1.807, 2.05) is 0 Å². The summed E-state index contributed by atoms with van der Waals surface area (Å²) in [6.45, 7) is 0. The number of pyridine rings is 3. The van der Waals surface area contributed by atoms with Crippen LogP contribution in [0.25, 0.3) is 56.0 Å². The molecule has 1 amide bonds. The van der Waals surface area contributed by atoms with Crippen molar-refractivity contribution in [1.29, 1.82) is 0 Å². The molecule has 1 aliphatic carbocycles. The Morgan fingerprint density at radius 2 is 1.87 bits per heavy atom. The quantitative estimate of drug-likeness (QED) is 0.193. The number of rotatable bonds is 8. The number of nitrogens with zero attached hydrogens (tertiary/aromatic N) is 5. The number of H-pyrrole nitrogens is 2. The average molecular weight is 643 g/mol. The van der Waals surface area contributed by atoms with E-state index in [0.29, 0.717) is 39.1 Å². The van der Waals surface area contributed by atoms with Crippen LogP contribution in [0.4, 0.5) is 14.5 Å². The van der Waals surface area contributed by atoms with E-state index < -0.39 is 21.5 Å². The van der Waals surface area contributed by atoms with Crippen LogP contribution in [0.1, 0.15) is 31.2 Å². The molecule has 0 saturated heterocycles. The molecule has 1 fully saturated rings. The SMILES string of the molecule is CS(=O)(=O)CCc1cc(F)cc(-c2nccc3[nH]c(-c4[nH]nc5ncc(-c6cncc(NC(=O)C7CCCC7)c6)c(F)c45)nc23)c1. The number of hydrogen-bond donors (Lipinski definition) is 3. The fourth-order valence-corrected chi connectivity index (χ4v) is 6.52. The largest absolute Gasteiger partial charge is 0.337 e. The highest BCUT2D eigenvalue weighted by Gasteiger charge is 2.24. The predicted molar refractivity (Wildman–Crippen MR) is 169 cm³/mol. The van der Waals surface area contributed by atoms with Crippen LogP contribution in [-0.4, -0.2) is 61.5 Å². The molecule has 6 aromatic rings. The first-order chi connectivity index (χ1) is 22.1. The Kier molecular flexibility index (Phi) is 7.51. The van der Waals surface area contributed by atoms with E-state index in [2.05, 4.69) is 35.5 Å². The van der Waals surface area contributed by atoms with Crippen LogP contribution < -0.4 is 5.32 Å². The monoisotopic (exact) mass is 642 g/mol. The molecule has 0 unspecified atom stereocenters. The molecule has 0 bridgehead atoms. The Bertz CT molecular complexity index is 2240. The Labute approximate surface area is 261 Å². The fraction of sp³-hybridized carbons (Fsp3) is 0.250. The van der Waals surface area contributed by atoms with E-state index >= 15 is 4.39 Å². The maximum atomic E-state index is 16.3. The molecule has 0 atom stereocenters. The van der Waals surface area contributed by atoms with E-state index in [0.717, 1.165) is 31.9 Å². The van der Waals surface area contributed by atoms with Gasteiger partial charge in [0.25, 0.3) is 0 Å². The molecule has 5 aromatic heterocycles. The molecular weight excluding hydrogens is 614 g/mol. The number of fused-ring (bicyclic) bond motifs is 2. The van der Waals surface area contributed by atoms with Gasteiger partial charge in [0.1, 0.15) is 32.7 Å². The maximum Gasteiger partial charge on any atom is 0.227 e. The van der Waals surface area contributed by atoms with Gasteiger partial charge in [-0.15, -0.1) is 0 Å². The number of hydrogen-bond acceptors (Lipinski definition) is 8. The summed E-state index contributed by atoms with van der Waals surface area (Å²) in [6, 6.07) is 7.64. The van der Waals surface area contributed by atoms with Crippen molar-refractivity contribution in [2.24, 2.45) is 5.92 Å². The molecule has 1 aliphatic rings. The van der Waals surface area contributed by atoms with Gasteiger partial charge < -0.3 is 10.3 Å². The van der Waals surface area contributed by atoms with Crippen molar-refractivity contribution in [1.82, 2.24) is 35.1 Å². The summed E-state index contributed by atoms with van der Waals surface area (Å²) in [4.78, 5) is 33.5. The number of aromatic nitrogens is 7. The third-order valence-corrected chi connectivity index (χ3v) is 9.14. The number of anilines is 1. The van der Waals surface area contributed by atoms with Crippen LogP contribution >= 0.6 is 0 Å². The molecule has 234 valence electrons. The van der Waals surface area contributed by atoms with Gasteiger partial charge in [-0.3, -0.25) is 19.9 Å². The van der Waals surface area contributed by atoms with Gasteiger partial charge in [-0.1, -0.05) is 12.8 Å². The number of sulfone groups is 1. The average Bonchev–Trinajstić information content (AvgIpc) is 3.80. The minimum atomic E-state index is -3.24. The molecule has 1 saturated carbocycles. The summed E-state index contributed by atoms with van der Waals surface area (Å²) in [5.74, 6) is -1.10. The fourth-order valence-electron chi connectivity index (χ4n) is 5.91. The molecule has 5 heterocycles. The Morgan fingerprint density at radius 3 is 2.67 bits per heavy atom. The zero-order chi connectivity index (χ0) is 32.0. The van der Waals surface area contributed by atoms with Crippen LogP contribution in [0, 0.1) is 17.6 Å². The van der Waals surface area contributed by atoms with Crippen molar-refractivity contribution in [3.8, 4) is 33.9 Å². The number of nitrogens with one attached hydrogen (secondary N) is 3. The Morgan fingerprint density at radius 1 is 1.04 bits per heavy atom. The molecular formula is C32H28F2N8O3S. The van der Waals surface area contributed by atoms with Crippen molar-refractivity contribution in [2.45, 2.75) is 32.1 Å². The number of imidazole rings is 1. The smallest absolute Gasteiger partial charge is 0.227 e. The highest BCUT2D eigenvalue weighted by molar-refractivity contribution is 7.90. The van der Waals surface area contributed by atoms with Gasteiger partial charge in [-0.05, 0) is 55.2 Å². The third kappa shape index (κ3) is 5.83. The van der Waals surface area contributed by atoms with E-state index in [9.17, 15) is 17.6 Å². The number of carbonyl (C=O) groups excluding carboxylic acids is 1. The van der Waals surface area contributed by atoms with Crippen LogP contribution in [0.3, 0.4) is 0 Å². The molecule has 46 heavy (non-hydrogen) atoms. The van der Waals surface area contributed by atoms with E-state index in [1.54, 1.807) is 18.2 Å². The summed E-state index contributed by atoms with van der Waals surface area (Å²) >= 11 is 0. The highest BCUT2D eigenvalue weighted by Crippen LogP contribution is 2.35. The lowest BCUT2D eigenvalue weighted by molar-refractivity contribution is -0.119. The van der Waals surface area contributed by atoms with Crippen molar-refractivity contribution in [3.63, 3.8) is 0 Å². The van der Waals surface area contributed by atoms with Gasteiger partial charge in [-0.25, -0.2) is 27.2 Å². The number of aryl methyl sites for hydroxylation is 1. The van der Waals surface area contributed by atoms with Crippen molar-refractivity contribution < 1.29 is 22.0 Å². The summed E-state index contributed by atoms with van der Waals surface area (Å²) in [5.41, 5.74) is 3.70. The van der Waals surface area contributed by atoms with Crippen LogP contribution in [-0.2, 0) is 21.1 Å². The van der Waals surface area contributed by atoms with E-state index in [1.165, 1.54) is 36.9 Å². The van der Waals surface area contributed by atoms with Crippen molar-refractivity contribution >= 4 is 43.5 Å². The number of carbonyl (C=O) groups is 1. The van der Waals surface area contributed by atoms with E-state index in [-0.39, 0.29) is 52.1 Å². The van der Waals surface area contributed by atoms with Crippen LogP contribution in [0.15, 0.2) is 55.1 Å². The molecule has 0 aliphatic heterocycles. The second-order valence-electron chi connectivity index (χ2n) is 11.6. The van der Waals surface area contributed by atoms with Crippen molar-refractivity contribution in [3.05, 3.63) is 72.3 Å². The Hall–Kier alpha value is -5.11. The van der Waals surface area contributed by atoms with Gasteiger partial charge in [0.15, 0.2) is 11.5 Å². The van der Waals surface area contributed by atoms with Gasteiger partial charge in [0, 0.05) is 47.5 Å². The standard InChI is InChI=1S/C32H28F2N8O3S/c1-46(44,45)9-7-17-10-19(12-21(33)11-17)27-28-24(6-8-36-27)39-31(40-28)29-25-26(34)23(16-37-30(25)42-41-29)20-13-22(15-35-14-20)38-32(43)18-4-2-3-5-18/h6,8,10-16,18H,2-5,7,9H2,1H3,(H,38,43)(H,39,40)(H,37,41,42). The summed E-state index contributed by atoms with van der Waals surface area (Å²) < 4.78 is 54.2. The third-order valence-electron chi connectivity index (χ3n) is 8.19. The number of aromatic amines is 2. The van der Waals surface area contributed by atoms with Gasteiger partial charge >= 0.3 is 0 Å². The lowest BCUT2D eigenvalue weighted by atomic mass is 10.0. The minimum absolute atomic E-state index is 0.0331. The second kappa shape index (κ2) is 11.7. The lowest BCUT2D eigenvalue weighted by Crippen LogP contribution is -2.20. The molecule has 11 nitrogen and oxygen atoms in total. The molecule has 0 spiro atoms. The highest BCUT2D eigenvalue weighted by atomic mass is 32.2. The molecule has 14 heteroatoms. The van der Waals surface area contributed by atoms with Crippen molar-refractivity contribution in [2.75, 3.05) is 17.3 Å². The number of amides is 1. The predicted octanol–water partition coefficient (Wildman–Crippen LogP) is 5.62. The second-order valence-corrected chi connectivity index (χ2v) is 13.8. The minimum Gasteiger partial charge on any atom is -0.337 e. The summed E-state index contributed by atoms with van der Waals surface area (Å²) in [5, 5.41) is 10.0. The maximum absolute atomic E-state index is 16.3. The van der Waals surface area contributed by atoms with Gasteiger partial charge in [0.05, 0.1) is 34.2 Å². The van der Waals surface area contributed by atoms with Gasteiger partial charge in [-0.2, -0.15) is 5.10 Å². The normalized spacial score (nSPS) is 14.0. The molecule has 1 aromatic carbocycles. The van der Waals surface area contributed by atoms with Gasteiger partial charge in [0.2, 0.25) is 5.91 Å². The Balaban J connectivity index is 1.25. The first kappa shape index (κ1) is 29.6. The first-order valence-electron chi connectivity index (χ1n) is 14.7. The molecule has 7 rings (SSSR count). The zero-order valence-corrected chi connectivity index (χ0v) is 25.5. The molecule has 0 radical (unpaired) electrons. The lowest BCUT2D eigenvalue weighted by Gasteiger charge is -2.11. The zero-order valence-electron chi connectivity index (χ0n) is 24.6. The topological polar surface area (TPSA) is 159 Å². The number of halogens is 2. The first-order valence-corrected chi connectivity index (χ1v) is 16.8. The molecule has 3 N–H and O–H groups in total. The summed E-state index contributed by atoms with van der Waals surface area (Å²) in [6.07, 6.45) is 11.0. The van der Waals surface area contributed by atoms with E-state index in [4.69, 9.17) is 4.98 Å². The van der Waals surface area contributed by atoms with Crippen LogP contribution in [0.2, 0.25) is 0 Å². The summed E-state index contributed by atoms with van der Waals surface area (Å²) in [7, 11) is -3.24. The number of benzene rings is 1.